The van der Waals surface area contributed by atoms with Crippen LogP contribution in [0.15, 0.2) is 4.63 Å². The van der Waals surface area contributed by atoms with Gasteiger partial charge in [-0.15, -0.1) is 0 Å². The van der Waals surface area contributed by atoms with Crippen molar-refractivity contribution < 1.29 is 4.63 Å². The molecule has 94 valence electrons. The van der Waals surface area contributed by atoms with E-state index >= 15 is 0 Å². The highest BCUT2D eigenvalue weighted by atomic mass is 16.6. The van der Waals surface area contributed by atoms with E-state index in [0.717, 1.165) is 11.4 Å². The van der Waals surface area contributed by atoms with Gasteiger partial charge in [-0.2, -0.15) is 0 Å². The normalized spacial score (nSPS) is 6.00. The lowest BCUT2D eigenvalue weighted by molar-refractivity contribution is 0.302. The van der Waals surface area contributed by atoms with Crippen LogP contribution < -0.4 is 0 Å². The van der Waals surface area contributed by atoms with Gasteiger partial charge in [0.1, 0.15) is 11.4 Å². The molecule has 1 heterocycles. The summed E-state index contributed by atoms with van der Waals surface area (Å²) in [7, 11) is 0. The van der Waals surface area contributed by atoms with Gasteiger partial charge >= 0.3 is 0 Å². The van der Waals surface area contributed by atoms with Gasteiger partial charge < -0.3 is 0 Å². The molecule has 0 saturated carbocycles. The van der Waals surface area contributed by atoms with Crippen molar-refractivity contribution >= 4 is 0 Å². The first-order chi connectivity index (χ1) is 7.30. The van der Waals surface area contributed by atoms with Crippen molar-refractivity contribution in [3.8, 4) is 0 Å². The van der Waals surface area contributed by atoms with Crippen LogP contribution in [0, 0.1) is 13.8 Å². The number of rotatable bonds is 0. The smallest absolute Gasteiger partial charge is 0.104 e. The Labute approximate surface area is 96.2 Å². The molecule has 0 atom stereocenters. The van der Waals surface area contributed by atoms with Gasteiger partial charge in [-0.1, -0.05) is 65.7 Å². The zero-order chi connectivity index (χ0) is 13.3. The third-order valence-electron chi connectivity index (χ3n) is 0.879. The molecule has 0 aromatic carbocycles. The fourth-order valence-electron chi connectivity index (χ4n) is 0.275. The van der Waals surface area contributed by atoms with Gasteiger partial charge in [0.25, 0.3) is 0 Å². The van der Waals surface area contributed by atoms with Crippen molar-refractivity contribution in [2.75, 3.05) is 0 Å². The van der Waals surface area contributed by atoms with E-state index in [0.29, 0.717) is 0 Å². The molecule has 1 aromatic rings. The van der Waals surface area contributed by atoms with E-state index in [1.807, 2.05) is 69.2 Å². The van der Waals surface area contributed by atoms with E-state index in [1.165, 1.54) is 0 Å². The van der Waals surface area contributed by atoms with Crippen LogP contribution in [0.2, 0.25) is 0 Å². The van der Waals surface area contributed by atoms with Gasteiger partial charge in [-0.05, 0) is 13.8 Å². The van der Waals surface area contributed by atoms with Crippen molar-refractivity contribution in [1.29, 1.82) is 0 Å². The molecule has 0 bridgehead atoms. The molecule has 1 aromatic heterocycles. The van der Waals surface area contributed by atoms with E-state index in [9.17, 15) is 0 Å². The Morgan fingerprint density at radius 3 is 0.867 bits per heavy atom. The molecule has 15 heavy (non-hydrogen) atoms. The number of hydrogen-bond donors (Lipinski definition) is 0. The molecule has 3 nitrogen and oxygen atoms in total. The summed E-state index contributed by atoms with van der Waals surface area (Å²) in [6.07, 6.45) is 0. The van der Waals surface area contributed by atoms with E-state index in [2.05, 4.69) is 14.9 Å². The average Bonchev–Trinajstić information content (AvgIpc) is 2.74. The zero-order valence-electron chi connectivity index (χ0n) is 12.3. The first kappa shape index (κ1) is 23.7. The quantitative estimate of drug-likeness (QED) is 0.628. The van der Waals surface area contributed by atoms with Crippen molar-refractivity contribution in [3.63, 3.8) is 0 Å². The maximum Gasteiger partial charge on any atom is 0.104 e. The molecule has 0 spiro atoms. The molecule has 0 aliphatic carbocycles. The predicted molar refractivity (Wildman–Crippen MR) is 69.2 cm³/mol. The van der Waals surface area contributed by atoms with E-state index < -0.39 is 0 Å². The van der Waals surface area contributed by atoms with Crippen molar-refractivity contribution in [2.45, 2.75) is 69.2 Å². The number of nitrogens with zero attached hydrogens (tertiary/aromatic N) is 2. The van der Waals surface area contributed by atoms with Gasteiger partial charge in [0.2, 0.25) is 0 Å². The van der Waals surface area contributed by atoms with Gasteiger partial charge in [-0.25, -0.2) is 4.63 Å². The third kappa shape index (κ3) is 19.5. The van der Waals surface area contributed by atoms with Gasteiger partial charge in [-0.3, -0.25) is 0 Å². The largest absolute Gasteiger partial charge is 0.244 e. The Morgan fingerprint density at radius 1 is 0.600 bits per heavy atom. The van der Waals surface area contributed by atoms with Crippen LogP contribution in [0.3, 0.4) is 0 Å². The van der Waals surface area contributed by atoms with Gasteiger partial charge in [0.15, 0.2) is 0 Å². The minimum Gasteiger partial charge on any atom is -0.244 e. The third-order valence-corrected chi connectivity index (χ3v) is 0.879. The molecule has 0 aliphatic heterocycles. The van der Waals surface area contributed by atoms with Crippen LogP contribution in [-0.2, 0) is 0 Å². The molecular formula is C12H30N2O. The standard InChI is InChI=1S/C4H6N2O.4C2H6/c1-3-4(2)6-7-5-3;4*1-2/h1-2H3;4*1-2H3. The molecule has 3 heteroatoms. The van der Waals surface area contributed by atoms with Crippen LogP contribution in [0.4, 0.5) is 0 Å². The average molecular weight is 218 g/mol. The predicted octanol–water partition coefficient (Wildman–Crippen LogP) is 4.79. The lowest BCUT2D eigenvalue weighted by Crippen LogP contribution is -1.71. The lowest BCUT2D eigenvalue weighted by Gasteiger charge is -1.71. The summed E-state index contributed by atoms with van der Waals surface area (Å²) < 4.78 is 4.34. The highest BCUT2D eigenvalue weighted by Crippen LogP contribution is 1.94. The lowest BCUT2D eigenvalue weighted by atomic mass is 10.4. The SMILES string of the molecule is CC.CC.CC.CC.Cc1nonc1C. The molecule has 0 radical (unpaired) electrons. The Hall–Kier alpha value is -0.860. The van der Waals surface area contributed by atoms with Gasteiger partial charge in [0, 0.05) is 0 Å². The number of hydrogen-bond acceptors (Lipinski definition) is 3. The summed E-state index contributed by atoms with van der Waals surface area (Å²) >= 11 is 0. The number of aromatic nitrogens is 2. The van der Waals surface area contributed by atoms with Crippen molar-refractivity contribution in [3.05, 3.63) is 11.4 Å². The summed E-state index contributed by atoms with van der Waals surface area (Å²) in [5, 5.41) is 7.06. The monoisotopic (exact) mass is 218 g/mol. The van der Waals surface area contributed by atoms with E-state index in [-0.39, 0.29) is 0 Å². The minimum atomic E-state index is 0.861. The van der Waals surface area contributed by atoms with Crippen LogP contribution >= 0.6 is 0 Å². The second-order valence-corrected chi connectivity index (χ2v) is 1.44. The van der Waals surface area contributed by atoms with E-state index in [1.54, 1.807) is 0 Å². The molecular weight excluding hydrogens is 188 g/mol. The Kier molecular flexibility index (Phi) is 46.3. The van der Waals surface area contributed by atoms with Crippen LogP contribution in [0.25, 0.3) is 0 Å². The fourth-order valence-corrected chi connectivity index (χ4v) is 0.275. The second kappa shape index (κ2) is 29.2. The zero-order valence-corrected chi connectivity index (χ0v) is 12.3. The highest BCUT2D eigenvalue weighted by molar-refractivity contribution is 5.00. The highest BCUT2D eigenvalue weighted by Gasteiger charge is 1.93. The minimum absolute atomic E-state index is 0.861. The molecule has 0 saturated heterocycles. The van der Waals surface area contributed by atoms with Crippen molar-refractivity contribution in [1.82, 2.24) is 10.3 Å². The molecule has 0 amide bonds. The Balaban J connectivity index is -0.0000000650. The fraction of sp³-hybridized carbons (Fsp3) is 0.833. The van der Waals surface area contributed by atoms with E-state index in [4.69, 9.17) is 0 Å². The molecule has 1 rings (SSSR count). The molecule has 0 aliphatic rings. The summed E-state index contributed by atoms with van der Waals surface area (Å²) in [6, 6.07) is 0. The summed E-state index contributed by atoms with van der Waals surface area (Å²) in [6.45, 7) is 19.7. The van der Waals surface area contributed by atoms with Crippen LogP contribution in [-0.4, -0.2) is 10.3 Å². The van der Waals surface area contributed by atoms with Crippen LogP contribution in [0.5, 0.6) is 0 Å². The number of aryl methyl sites for hydroxylation is 2. The van der Waals surface area contributed by atoms with Crippen LogP contribution in [0.1, 0.15) is 66.8 Å². The summed E-state index contributed by atoms with van der Waals surface area (Å²) in [5.41, 5.74) is 1.72. The molecule has 0 fully saturated rings. The first-order valence-electron chi connectivity index (χ1n) is 6.06. The molecule has 0 unspecified atom stereocenters. The maximum absolute atomic E-state index is 4.34. The van der Waals surface area contributed by atoms with Crippen molar-refractivity contribution in [2.24, 2.45) is 0 Å². The summed E-state index contributed by atoms with van der Waals surface area (Å²) in [5.74, 6) is 0. The Morgan fingerprint density at radius 2 is 0.800 bits per heavy atom. The molecule has 0 N–H and O–H groups in total. The topological polar surface area (TPSA) is 38.9 Å². The summed E-state index contributed by atoms with van der Waals surface area (Å²) in [4.78, 5) is 0. The maximum atomic E-state index is 4.34. The second-order valence-electron chi connectivity index (χ2n) is 1.44. The first-order valence-corrected chi connectivity index (χ1v) is 6.06. The Bertz CT molecular complexity index is 146. The van der Waals surface area contributed by atoms with Gasteiger partial charge in [0.05, 0.1) is 0 Å².